The molecule has 0 spiro atoms. The number of benzene rings is 1. The molecule has 0 heterocycles. The molecule has 0 radical (unpaired) electrons. The van der Waals surface area contributed by atoms with E-state index in [9.17, 15) is 9.59 Å². The van der Waals surface area contributed by atoms with Crippen LogP contribution in [0.15, 0.2) is 63.6 Å². The van der Waals surface area contributed by atoms with Crippen molar-refractivity contribution in [2.24, 2.45) is 0 Å². The summed E-state index contributed by atoms with van der Waals surface area (Å²) in [5.74, 6) is -0.874. The van der Waals surface area contributed by atoms with Gasteiger partial charge in [0.1, 0.15) is 5.82 Å². The van der Waals surface area contributed by atoms with Crippen molar-refractivity contribution in [3.63, 3.8) is 0 Å². The molecule has 1 aromatic rings. The lowest BCUT2D eigenvalue weighted by atomic mass is 10.1. The summed E-state index contributed by atoms with van der Waals surface area (Å²) in [5.41, 5.74) is 2.94. The highest BCUT2D eigenvalue weighted by Gasteiger charge is 2.21. The maximum atomic E-state index is 12.2. The molecule has 1 aromatic carbocycles. The fourth-order valence-electron chi connectivity index (χ4n) is 2.19. The molecule has 0 atom stereocenters. The van der Waals surface area contributed by atoms with Crippen LogP contribution in [0.3, 0.4) is 0 Å². The van der Waals surface area contributed by atoms with E-state index in [4.69, 9.17) is 9.47 Å². The fourth-order valence-corrected chi connectivity index (χ4v) is 2.45. The van der Waals surface area contributed by atoms with Crippen LogP contribution in [0.1, 0.15) is 41.0 Å². The number of rotatable bonds is 10. The van der Waals surface area contributed by atoms with Gasteiger partial charge in [-0.15, -0.1) is 0 Å². The van der Waals surface area contributed by atoms with E-state index in [2.05, 4.69) is 40.4 Å². The van der Waals surface area contributed by atoms with Crippen molar-refractivity contribution in [2.75, 3.05) is 18.5 Å². The van der Waals surface area contributed by atoms with E-state index in [1.165, 1.54) is 11.8 Å². The van der Waals surface area contributed by atoms with Crippen molar-refractivity contribution in [1.29, 1.82) is 0 Å². The van der Waals surface area contributed by atoms with E-state index < -0.39 is 11.9 Å². The van der Waals surface area contributed by atoms with Crippen molar-refractivity contribution in [3.8, 4) is 0 Å². The zero-order valence-electron chi connectivity index (χ0n) is 17.6. The van der Waals surface area contributed by atoms with Gasteiger partial charge in [-0.25, -0.2) is 9.59 Å². The third kappa shape index (κ3) is 8.56. The molecule has 0 fully saturated rings. The molecular weight excluding hydrogens is 436 g/mol. The normalized spacial score (nSPS) is 11.9. The molecule has 2 N–H and O–H groups in total. The van der Waals surface area contributed by atoms with Gasteiger partial charge < -0.3 is 20.1 Å². The quantitative estimate of drug-likeness (QED) is 0.166. The van der Waals surface area contributed by atoms with Crippen molar-refractivity contribution in [2.45, 2.75) is 41.0 Å². The summed E-state index contributed by atoms with van der Waals surface area (Å²) >= 11 is 3.41. The molecule has 7 heteroatoms. The van der Waals surface area contributed by atoms with E-state index in [0.29, 0.717) is 5.82 Å². The van der Waals surface area contributed by atoms with E-state index in [1.807, 2.05) is 37.3 Å². The highest BCUT2D eigenvalue weighted by molar-refractivity contribution is 9.10. The van der Waals surface area contributed by atoms with Crippen LogP contribution in [0.2, 0.25) is 0 Å². The molecule has 0 saturated heterocycles. The molecule has 6 nitrogen and oxygen atoms in total. The topological polar surface area (TPSA) is 76.7 Å². The van der Waals surface area contributed by atoms with Gasteiger partial charge in [0.05, 0.1) is 13.2 Å². The van der Waals surface area contributed by atoms with Crippen LogP contribution in [-0.4, -0.2) is 25.2 Å². The third-order valence-electron chi connectivity index (χ3n) is 4.05. The van der Waals surface area contributed by atoms with Gasteiger partial charge in [-0.2, -0.15) is 0 Å². The van der Waals surface area contributed by atoms with Crippen molar-refractivity contribution in [3.05, 3.63) is 63.6 Å². The lowest BCUT2D eigenvalue weighted by molar-refractivity contribution is -0.146. The first-order valence-electron chi connectivity index (χ1n) is 9.53. The average Bonchev–Trinajstić information content (AvgIpc) is 2.69. The van der Waals surface area contributed by atoms with E-state index >= 15 is 0 Å². The summed E-state index contributed by atoms with van der Waals surface area (Å²) in [6.45, 7) is 9.82. The Bertz CT molecular complexity index is 776. The van der Waals surface area contributed by atoms with Crippen LogP contribution in [-0.2, 0) is 19.1 Å². The smallest absolute Gasteiger partial charge is 0.347 e. The molecule has 1 rings (SSSR count). The Morgan fingerprint density at radius 3 is 2.03 bits per heavy atom. The number of halogens is 1. The number of hydrogen-bond donors (Lipinski definition) is 2. The second-order valence-corrected chi connectivity index (χ2v) is 7.07. The molecular formula is C22H29BrN2O4. The van der Waals surface area contributed by atoms with E-state index in [-0.39, 0.29) is 18.8 Å². The van der Waals surface area contributed by atoms with Crippen LogP contribution in [0, 0.1) is 0 Å². The first-order chi connectivity index (χ1) is 13.8. The summed E-state index contributed by atoms with van der Waals surface area (Å²) in [7, 11) is 0. The first-order valence-corrected chi connectivity index (χ1v) is 10.3. The molecule has 158 valence electrons. The Kier molecular flexibility index (Phi) is 10.8. The Morgan fingerprint density at radius 2 is 1.55 bits per heavy atom. The number of carbonyl (C=O) groups excluding carboxylic acids is 2. The summed E-state index contributed by atoms with van der Waals surface area (Å²) in [4.78, 5) is 24.3. The number of esters is 2. The maximum absolute atomic E-state index is 12.2. The minimum Gasteiger partial charge on any atom is -0.462 e. The summed E-state index contributed by atoms with van der Waals surface area (Å²) in [5, 5.41) is 6.27. The highest BCUT2D eigenvalue weighted by Crippen LogP contribution is 2.17. The number of allylic oxidation sites excluding steroid dienone is 3. The van der Waals surface area contributed by atoms with Crippen LogP contribution >= 0.6 is 15.9 Å². The number of anilines is 1. The van der Waals surface area contributed by atoms with Crippen LogP contribution in [0.5, 0.6) is 0 Å². The summed E-state index contributed by atoms with van der Waals surface area (Å²) < 4.78 is 10.9. The van der Waals surface area contributed by atoms with Gasteiger partial charge in [0.25, 0.3) is 0 Å². The lowest BCUT2D eigenvalue weighted by Crippen LogP contribution is -2.23. The SMILES string of the molecule is CCOC(=O)C(=CN/C(=C/C(C)=C(\C)CC)Nc1ccc(Br)cc1)C(=O)OCC. The second-order valence-electron chi connectivity index (χ2n) is 6.15. The zero-order valence-corrected chi connectivity index (χ0v) is 19.2. The number of ether oxygens (including phenoxy) is 2. The maximum Gasteiger partial charge on any atom is 0.347 e. The Labute approximate surface area is 181 Å². The number of hydrogen-bond acceptors (Lipinski definition) is 6. The van der Waals surface area contributed by atoms with Gasteiger partial charge in [0.15, 0.2) is 5.57 Å². The minimum absolute atomic E-state index is 0.160. The molecule has 0 saturated carbocycles. The van der Waals surface area contributed by atoms with Gasteiger partial charge in [-0.05, 0) is 70.0 Å². The summed E-state index contributed by atoms with van der Waals surface area (Å²) in [6.07, 6.45) is 4.15. The van der Waals surface area contributed by atoms with Gasteiger partial charge in [0.2, 0.25) is 0 Å². The third-order valence-corrected chi connectivity index (χ3v) is 4.58. The predicted molar refractivity (Wildman–Crippen MR) is 119 cm³/mol. The Hall–Kier alpha value is -2.54. The monoisotopic (exact) mass is 464 g/mol. The van der Waals surface area contributed by atoms with E-state index in [1.54, 1.807) is 13.8 Å². The lowest BCUT2D eigenvalue weighted by Gasteiger charge is -2.14. The number of carbonyl (C=O) groups is 2. The van der Waals surface area contributed by atoms with Gasteiger partial charge in [0, 0.05) is 16.4 Å². The standard InChI is InChI=1S/C22H29BrN2O4/c1-6-15(4)16(5)13-20(25-18-11-9-17(23)10-12-18)24-14-19(21(26)28-7-2)22(27)29-8-3/h9-14,24-25H,6-8H2,1-5H3/b16-15+,20-13-. The Balaban J connectivity index is 3.23. The van der Waals surface area contributed by atoms with Crippen molar-refractivity contribution in [1.82, 2.24) is 5.32 Å². The largest absolute Gasteiger partial charge is 0.462 e. The van der Waals surface area contributed by atoms with Crippen LogP contribution in [0.4, 0.5) is 5.69 Å². The fraction of sp³-hybridized carbons (Fsp3) is 0.364. The molecule has 0 aliphatic heterocycles. The molecule has 0 aromatic heterocycles. The van der Waals surface area contributed by atoms with Crippen molar-refractivity contribution >= 4 is 33.6 Å². The molecule has 0 aliphatic rings. The molecule has 0 amide bonds. The molecule has 0 bridgehead atoms. The first kappa shape index (κ1) is 24.5. The highest BCUT2D eigenvalue weighted by atomic mass is 79.9. The molecule has 0 unspecified atom stereocenters. The zero-order chi connectivity index (χ0) is 21.8. The van der Waals surface area contributed by atoms with E-state index in [0.717, 1.165) is 22.2 Å². The van der Waals surface area contributed by atoms with Crippen LogP contribution in [0.25, 0.3) is 0 Å². The second kappa shape index (κ2) is 12.8. The van der Waals surface area contributed by atoms with Gasteiger partial charge in [-0.1, -0.05) is 28.4 Å². The average molecular weight is 465 g/mol. The van der Waals surface area contributed by atoms with Gasteiger partial charge in [-0.3, -0.25) is 0 Å². The predicted octanol–water partition coefficient (Wildman–Crippen LogP) is 5.05. The van der Waals surface area contributed by atoms with Gasteiger partial charge >= 0.3 is 11.9 Å². The minimum atomic E-state index is -0.738. The van der Waals surface area contributed by atoms with Crippen molar-refractivity contribution < 1.29 is 19.1 Å². The molecule has 0 aliphatic carbocycles. The van der Waals surface area contributed by atoms with Crippen LogP contribution < -0.4 is 10.6 Å². The summed E-state index contributed by atoms with van der Waals surface area (Å²) in [6, 6.07) is 7.65. The Morgan fingerprint density at radius 1 is 1.00 bits per heavy atom. The molecule has 29 heavy (non-hydrogen) atoms. The number of nitrogens with one attached hydrogen (secondary N) is 2.